The van der Waals surface area contributed by atoms with Crippen molar-refractivity contribution in [3.8, 4) is 0 Å². The highest BCUT2D eigenvalue weighted by Crippen LogP contribution is 2.37. The molecule has 0 saturated carbocycles. The van der Waals surface area contributed by atoms with Gasteiger partial charge in [-0.25, -0.2) is 0 Å². The van der Waals surface area contributed by atoms with E-state index in [-0.39, 0.29) is 5.92 Å². The predicted octanol–water partition coefficient (Wildman–Crippen LogP) is 5.95. The number of H-pyrrole nitrogens is 1. The summed E-state index contributed by atoms with van der Waals surface area (Å²) in [6.45, 7) is 15.0. The van der Waals surface area contributed by atoms with Crippen molar-refractivity contribution in [1.82, 2.24) is 20.0 Å². The van der Waals surface area contributed by atoms with Crippen molar-refractivity contribution < 1.29 is 0 Å². The zero-order valence-electron chi connectivity index (χ0n) is 20.7. The highest BCUT2D eigenvalue weighted by atomic mass is 15.3. The molecule has 1 atom stereocenters. The standard InChI is InChI=1S/C26H36N6/c1-9-27-25-24-20(13-11-16(4)21(24)15(2)3)32(30-25)14-18(6)22-17(5)10-12-19-23(22)26(29-28-19)31(7)8/h10-13,15,18H,9,14H2,1-8H3,(H,27,30)(H,28,29). The van der Waals surface area contributed by atoms with Crippen molar-refractivity contribution in [3.63, 3.8) is 0 Å². The molecular weight excluding hydrogens is 396 g/mol. The smallest absolute Gasteiger partial charge is 0.158 e. The molecule has 0 aliphatic rings. The maximum atomic E-state index is 5.06. The van der Waals surface area contributed by atoms with Crippen molar-refractivity contribution >= 4 is 33.4 Å². The first-order valence-corrected chi connectivity index (χ1v) is 11.6. The van der Waals surface area contributed by atoms with Crippen LogP contribution < -0.4 is 10.2 Å². The van der Waals surface area contributed by atoms with Gasteiger partial charge in [-0.05, 0) is 61.1 Å². The number of aromatic nitrogens is 4. The Bertz CT molecular complexity index is 1260. The molecule has 6 heteroatoms. The largest absolute Gasteiger partial charge is 0.368 e. The fraction of sp³-hybridized carbons (Fsp3) is 0.462. The van der Waals surface area contributed by atoms with Crippen LogP contribution >= 0.6 is 0 Å². The van der Waals surface area contributed by atoms with Gasteiger partial charge in [-0.1, -0.05) is 32.9 Å². The van der Waals surface area contributed by atoms with Gasteiger partial charge in [0.25, 0.3) is 0 Å². The summed E-state index contributed by atoms with van der Waals surface area (Å²) in [5, 5.41) is 18.8. The Balaban J connectivity index is 1.85. The van der Waals surface area contributed by atoms with Crippen LogP contribution in [0.15, 0.2) is 24.3 Å². The molecule has 0 fully saturated rings. The van der Waals surface area contributed by atoms with Gasteiger partial charge in [0.1, 0.15) is 0 Å². The van der Waals surface area contributed by atoms with E-state index >= 15 is 0 Å². The minimum Gasteiger partial charge on any atom is -0.368 e. The van der Waals surface area contributed by atoms with Gasteiger partial charge in [-0.2, -0.15) is 10.2 Å². The number of benzene rings is 2. The molecule has 0 amide bonds. The number of aromatic amines is 1. The van der Waals surface area contributed by atoms with Crippen molar-refractivity contribution in [2.75, 3.05) is 30.9 Å². The highest BCUT2D eigenvalue weighted by molar-refractivity contribution is 5.95. The Morgan fingerprint density at radius 1 is 1.00 bits per heavy atom. The van der Waals surface area contributed by atoms with Crippen LogP contribution in [0.5, 0.6) is 0 Å². The first kappa shape index (κ1) is 22.2. The Kier molecular flexibility index (Phi) is 5.89. The number of hydrogen-bond donors (Lipinski definition) is 2. The molecule has 4 aromatic rings. The van der Waals surface area contributed by atoms with Gasteiger partial charge < -0.3 is 10.2 Å². The summed E-state index contributed by atoms with van der Waals surface area (Å²) in [6, 6.07) is 8.79. The fourth-order valence-electron chi connectivity index (χ4n) is 5.11. The van der Waals surface area contributed by atoms with Crippen LogP contribution in [0.1, 0.15) is 61.8 Å². The van der Waals surface area contributed by atoms with Crippen LogP contribution in [0, 0.1) is 13.8 Å². The van der Waals surface area contributed by atoms with Crippen LogP contribution in [0.4, 0.5) is 11.6 Å². The molecule has 0 saturated heterocycles. The topological polar surface area (TPSA) is 61.8 Å². The quantitative estimate of drug-likeness (QED) is 0.378. The van der Waals surface area contributed by atoms with Crippen LogP contribution in [0.3, 0.4) is 0 Å². The van der Waals surface area contributed by atoms with Crippen molar-refractivity contribution in [1.29, 1.82) is 0 Å². The van der Waals surface area contributed by atoms with Gasteiger partial charge in [0.05, 0.1) is 11.0 Å². The van der Waals surface area contributed by atoms with Crippen molar-refractivity contribution in [2.24, 2.45) is 0 Å². The van der Waals surface area contributed by atoms with Gasteiger partial charge in [0, 0.05) is 43.9 Å². The lowest BCUT2D eigenvalue weighted by molar-refractivity contribution is 0.560. The second-order valence-corrected chi connectivity index (χ2v) is 9.47. The lowest BCUT2D eigenvalue weighted by atomic mass is 9.92. The number of anilines is 2. The molecule has 32 heavy (non-hydrogen) atoms. The molecule has 0 aliphatic carbocycles. The van der Waals surface area contributed by atoms with Crippen LogP contribution in [0.25, 0.3) is 21.8 Å². The summed E-state index contributed by atoms with van der Waals surface area (Å²) in [5.41, 5.74) is 7.63. The average Bonchev–Trinajstić information content (AvgIpc) is 3.30. The maximum Gasteiger partial charge on any atom is 0.158 e. The fourth-order valence-corrected chi connectivity index (χ4v) is 5.11. The highest BCUT2D eigenvalue weighted by Gasteiger charge is 2.22. The van der Waals surface area contributed by atoms with Gasteiger partial charge >= 0.3 is 0 Å². The van der Waals surface area contributed by atoms with Gasteiger partial charge in [-0.3, -0.25) is 9.78 Å². The van der Waals surface area contributed by atoms with E-state index in [1.807, 2.05) is 14.1 Å². The molecule has 0 spiro atoms. The minimum atomic E-state index is 0.274. The summed E-state index contributed by atoms with van der Waals surface area (Å²) in [6.07, 6.45) is 0. The van der Waals surface area contributed by atoms with E-state index in [4.69, 9.17) is 5.10 Å². The molecule has 2 heterocycles. The number of nitrogens with zero attached hydrogens (tertiary/aromatic N) is 4. The van der Waals surface area contributed by atoms with E-state index in [2.05, 4.69) is 90.9 Å². The van der Waals surface area contributed by atoms with E-state index in [9.17, 15) is 0 Å². The second kappa shape index (κ2) is 8.49. The molecule has 0 bridgehead atoms. The zero-order chi connectivity index (χ0) is 23.2. The number of rotatable bonds is 7. The summed E-state index contributed by atoms with van der Waals surface area (Å²) < 4.78 is 2.19. The molecule has 2 aromatic carbocycles. The molecule has 2 aromatic heterocycles. The number of aryl methyl sites for hydroxylation is 2. The second-order valence-electron chi connectivity index (χ2n) is 9.47. The third-order valence-electron chi connectivity index (χ3n) is 6.43. The first-order valence-electron chi connectivity index (χ1n) is 11.6. The van der Waals surface area contributed by atoms with Gasteiger partial charge in [0.15, 0.2) is 11.6 Å². The Labute approximate surface area is 191 Å². The Hall–Kier alpha value is -3.02. The zero-order valence-corrected chi connectivity index (χ0v) is 20.7. The Morgan fingerprint density at radius 3 is 2.34 bits per heavy atom. The van der Waals surface area contributed by atoms with Crippen LogP contribution in [-0.2, 0) is 6.54 Å². The summed E-state index contributed by atoms with van der Waals surface area (Å²) in [5.74, 6) is 2.70. The average molecular weight is 433 g/mol. The SMILES string of the molecule is CCNc1nn(CC(C)c2c(C)ccc3[nH]nc(N(C)C)c23)c2ccc(C)c(C(C)C)c12. The van der Waals surface area contributed by atoms with Crippen LogP contribution in [-0.4, -0.2) is 40.6 Å². The Morgan fingerprint density at radius 2 is 1.69 bits per heavy atom. The first-order chi connectivity index (χ1) is 15.2. The minimum absolute atomic E-state index is 0.274. The molecule has 2 N–H and O–H groups in total. The normalized spacial score (nSPS) is 12.8. The number of hydrogen-bond acceptors (Lipinski definition) is 4. The maximum absolute atomic E-state index is 5.06. The summed E-state index contributed by atoms with van der Waals surface area (Å²) in [4.78, 5) is 2.08. The van der Waals surface area contributed by atoms with E-state index < -0.39 is 0 Å². The predicted molar refractivity (Wildman–Crippen MR) is 136 cm³/mol. The molecular formula is C26H36N6. The molecule has 0 aliphatic heterocycles. The lowest BCUT2D eigenvalue weighted by Gasteiger charge is -2.19. The van der Waals surface area contributed by atoms with Crippen LogP contribution in [0.2, 0.25) is 0 Å². The van der Waals surface area contributed by atoms with E-state index in [1.165, 1.54) is 38.5 Å². The molecule has 0 radical (unpaired) electrons. The lowest BCUT2D eigenvalue weighted by Crippen LogP contribution is -2.13. The summed E-state index contributed by atoms with van der Waals surface area (Å²) in [7, 11) is 4.09. The van der Waals surface area contributed by atoms with Crippen molar-refractivity contribution in [3.05, 3.63) is 46.5 Å². The van der Waals surface area contributed by atoms with E-state index in [1.54, 1.807) is 0 Å². The number of nitrogens with one attached hydrogen (secondary N) is 2. The third kappa shape index (κ3) is 3.61. The van der Waals surface area contributed by atoms with E-state index in [0.717, 1.165) is 30.2 Å². The summed E-state index contributed by atoms with van der Waals surface area (Å²) >= 11 is 0. The van der Waals surface area contributed by atoms with Crippen molar-refractivity contribution in [2.45, 2.75) is 59.9 Å². The molecule has 6 nitrogen and oxygen atoms in total. The number of fused-ring (bicyclic) bond motifs is 2. The molecule has 1 unspecified atom stereocenters. The molecule has 4 rings (SSSR count). The van der Waals surface area contributed by atoms with Gasteiger partial charge in [0.2, 0.25) is 0 Å². The third-order valence-corrected chi connectivity index (χ3v) is 6.43. The van der Waals surface area contributed by atoms with E-state index in [0.29, 0.717) is 5.92 Å². The monoisotopic (exact) mass is 432 g/mol. The molecule has 170 valence electrons. The van der Waals surface area contributed by atoms with Gasteiger partial charge in [-0.15, -0.1) is 0 Å².